The molecular formula is C34H34Cl2N6O3. The van der Waals surface area contributed by atoms with Crippen molar-refractivity contribution in [2.75, 3.05) is 23.7 Å². The van der Waals surface area contributed by atoms with Crippen molar-refractivity contribution in [3.8, 4) is 11.3 Å². The number of aliphatic carboxylic acids is 1. The number of hydrogen-bond acceptors (Lipinski definition) is 7. The van der Waals surface area contributed by atoms with E-state index < -0.39 is 5.97 Å². The highest BCUT2D eigenvalue weighted by Crippen LogP contribution is 2.35. The maximum absolute atomic E-state index is 12.7. The molecule has 1 saturated heterocycles. The van der Waals surface area contributed by atoms with Crippen LogP contribution >= 0.6 is 23.2 Å². The second-order valence-electron chi connectivity index (χ2n) is 11.3. The molecule has 0 spiro atoms. The number of hydrogen-bond donors (Lipinski definition) is 4. The Bertz CT molecular complexity index is 1700. The van der Waals surface area contributed by atoms with Crippen molar-refractivity contribution in [1.29, 1.82) is 0 Å². The number of aromatic nitrogens is 2. The van der Waals surface area contributed by atoms with Crippen LogP contribution in [-0.2, 0) is 17.9 Å². The van der Waals surface area contributed by atoms with Crippen LogP contribution in [0.15, 0.2) is 79.0 Å². The van der Waals surface area contributed by atoms with E-state index in [1.807, 2.05) is 54.6 Å². The molecule has 1 fully saturated rings. The zero-order chi connectivity index (χ0) is 32.0. The first-order valence-electron chi connectivity index (χ1n) is 14.5. The average Bonchev–Trinajstić information content (AvgIpc) is 3.04. The number of rotatable bonds is 10. The van der Waals surface area contributed by atoms with Crippen molar-refractivity contribution in [3.63, 3.8) is 0 Å². The van der Waals surface area contributed by atoms with E-state index >= 15 is 0 Å². The molecule has 9 nitrogen and oxygen atoms in total. The third-order valence-corrected chi connectivity index (χ3v) is 8.79. The van der Waals surface area contributed by atoms with Gasteiger partial charge in [0.15, 0.2) is 5.82 Å². The Kier molecular flexibility index (Phi) is 10.0. The lowest BCUT2D eigenvalue weighted by molar-refractivity contribution is -0.131. The first kappa shape index (κ1) is 32.0. The summed E-state index contributed by atoms with van der Waals surface area (Å²) in [6, 6.07) is 20.3. The monoisotopic (exact) mass is 644 g/mol. The minimum absolute atomic E-state index is 0.0568. The van der Waals surface area contributed by atoms with Crippen LogP contribution in [0.1, 0.15) is 46.8 Å². The molecule has 45 heavy (non-hydrogen) atoms. The summed E-state index contributed by atoms with van der Waals surface area (Å²) in [5.74, 6) is -0.112. The Morgan fingerprint density at radius 3 is 2.33 bits per heavy atom. The van der Waals surface area contributed by atoms with E-state index in [-0.39, 0.29) is 11.4 Å². The number of carboxylic acids is 1. The predicted molar refractivity (Wildman–Crippen MR) is 179 cm³/mol. The number of nitrogens with two attached hydrogens (primary N) is 1. The Labute approximate surface area is 272 Å². The van der Waals surface area contributed by atoms with Gasteiger partial charge in [0.25, 0.3) is 5.91 Å². The van der Waals surface area contributed by atoms with E-state index in [4.69, 9.17) is 34.0 Å². The number of halogens is 2. The first-order valence-corrected chi connectivity index (χ1v) is 15.3. The third-order valence-electron chi connectivity index (χ3n) is 7.97. The molecule has 0 aliphatic carbocycles. The number of benzene rings is 3. The van der Waals surface area contributed by atoms with Gasteiger partial charge in [0.1, 0.15) is 11.5 Å². The van der Waals surface area contributed by atoms with Gasteiger partial charge in [-0.2, -0.15) is 0 Å². The fraction of sp³-hybridized carbons (Fsp3) is 0.235. The van der Waals surface area contributed by atoms with Gasteiger partial charge in [0.2, 0.25) is 0 Å². The highest BCUT2D eigenvalue weighted by Gasteiger charge is 2.30. The van der Waals surface area contributed by atoms with E-state index in [0.29, 0.717) is 45.8 Å². The number of carbonyl (C=O) groups is 2. The van der Waals surface area contributed by atoms with E-state index in [1.165, 1.54) is 6.08 Å². The zero-order valence-corrected chi connectivity index (χ0v) is 26.3. The number of nitrogen functional groups attached to an aromatic ring is 1. The molecule has 0 radical (unpaired) electrons. The minimum atomic E-state index is -0.995. The van der Waals surface area contributed by atoms with Crippen LogP contribution in [0, 0.1) is 0 Å². The highest BCUT2D eigenvalue weighted by molar-refractivity contribution is 6.43. The number of carboxylic acid groups (broad SMARTS) is 1. The molecule has 232 valence electrons. The van der Waals surface area contributed by atoms with Crippen molar-refractivity contribution in [1.82, 2.24) is 20.6 Å². The molecule has 1 amide bonds. The maximum Gasteiger partial charge on any atom is 0.328 e. The van der Waals surface area contributed by atoms with Gasteiger partial charge in [-0.25, -0.2) is 14.8 Å². The van der Waals surface area contributed by atoms with E-state index in [9.17, 15) is 9.59 Å². The molecule has 1 aliphatic heterocycles. The average molecular weight is 646 g/mol. The van der Waals surface area contributed by atoms with Crippen LogP contribution < -0.4 is 21.3 Å². The summed E-state index contributed by atoms with van der Waals surface area (Å²) >= 11 is 12.5. The molecule has 1 aromatic heterocycles. The van der Waals surface area contributed by atoms with Crippen LogP contribution in [0.2, 0.25) is 10.0 Å². The quantitative estimate of drug-likeness (QED) is 0.150. The summed E-state index contributed by atoms with van der Waals surface area (Å²) in [5.41, 5.74) is 10.8. The fourth-order valence-electron chi connectivity index (χ4n) is 5.13. The zero-order valence-electron chi connectivity index (χ0n) is 24.8. The third kappa shape index (κ3) is 8.19. The molecule has 5 rings (SSSR count). The molecule has 3 aromatic carbocycles. The van der Waals surface area contributed by atoms with Crippen molar-refractivity contribution >= 4 is 52.8 Å². The predicted octanol–water partition coefficient (Wildman–Crippen LogP) is 6.21. The SMILES string of the molecule is CC1(NCc2ccc(C(=O)NCc3ccc(/C=C/C(=O)O)cc3)cc2)CCN(c2cnc(-c3cccc(Cl)c3Cl)c(N)n2)CC1. The molecule has 2 heterocycles. The normalized spacial score (nSPS) is 14.4. The lowest BCUT2D eigenvalue weighted by atomic mass is 9.89. The molecule has 1 aliphatic rings. The molecular weight excluding hydrogens is 611 g/mol. The molecule has 5 N–H and O–H groups in total. The van der Waals surface area contributed by atoms with Crippen LogP contribution in [0.4, 0.5) is 11.6 Å². The molecule has 0 saturated carbocycles. The Morgan fingerprint density at radius 1 is 1.00 bits per heavy atom. The summed E-state index contributed by atoms with van der Waals surface area (Å²) in [7, 11) is 0. The molecule has 4 aromatic rings. The summed E-state index contributed by atoms with van der Waals surface area (Å²) in [6.45, 7) is 4.89. The van der Waals surface area contributed by atoms with Crippen molar-refractivity contribution in [2.24, 2.45) is 0 Å². The van der Waals surface area contributed by atoms with Crippen molar-refractivity contribution in [3.05, 3.63) is 111 Å². The summed E-state index contributed by atoms with van der Waals surface area (Å²) in [4.78, 5) is 34.7. The number of anilines is 2. The van der Waals surface area contributed by atoms with Crippen LogP contribution in [-0.4, -0.2) is 45.6 Å². The number of amides is 1. The molecule has 0 atom stereocenters. The largest absolute Gasteiger partial charge is 0.478 e. The standard InChI is InChI=1S/C34H34Cl2N6O3/c1-34(15-17-42(18-16-34)28-21-38-31(32(37)41-28)26-3-2-4-27(35)30(26)36)40-20-24-9-12-25(13-10-24)33(45)39-19-23-7-5-22(6-8-23)11-14-29(43)44/h2-14,21,40H,15-20H2,1H3,(H2,37,41)(H,39,45)(H,43,44)/b14-11+. The van der Waals surface area contributed by atoms with Gasteiger partial charge in [-0.1, -0.05) is 71.7 Å². The van der Waals surface area contributed by atoms with Crippen molar-refractivity contribution in [2.45, 2.75) is 38.4 Å². The topological polar surface area (TPSA) is 133 Å². The van der Waals surface area contributed by atoms with Gasteiger partial charge in [-0.3, -0.25) is 4.79 Å². The van der Waals surface area contributed by atoms with E-state index in [0.717, 1.165) is 54.5 Å². The van der Waals surface area contributed by atoms with Gasteiger partial charge in [-0.15, -0.1) is 0 Å². The number of nitrogens with zero attached hydrogens (tertiary/aromatic N) is 3. The highest BCUT2D eigenvalue weighted by atomic mass is 35.5. The lowest BCUT2D eigenvalue weighted by Gasteiger charge is -2.40. The number of piperidine rings is 1. The second-order valence-corrected chi connectivity index (χ2v) is 12.0. The molecule has 11 heteroatoms. The summed E-state index contributed by atoms with van der Waals surface area (Å²) in [5, 5.41) is 16.2. The fourth-order valence-corrected chi connectivity index (χ4v) is 5.52. The lowest BCUT2D eigenvalue weighted by Crippen LogP contribution is -2.51. The summed E-state index contributed by atoms with van der Waals surface area (Å²) < 4.78 is 0. The number of carbonyl (C=O) groups excluding carboxylic acids is 1. The number of nitrogens with one attached hydrogen (secondary N) is 2. The van der Waals surface area contributed by atoms with Crippen LogP contribution in [0.25, 0.3) is 17.3 Å². The second kappa shape index (κ2) is 14.1. The van der Waals surface area contributed by atoms with Gasteiger partial charge in [0, 0.05) is 48.9 Å². The van der Waals surface area contributed by atoms with Gasteiger partial charge >= 0.3 is 5.97 Å². The minimum Gasteiger partial charge on any atom is -0.478 e. The van der Waals surface area contributed by atoms with Gasteiger partial charge in [-0.05, 0) is 60.7 Å². The van der Waals surface area contributed by atoms with Gasteiger partial charge in [0.05, 0.1) is 16.2 Å². The molecule has 0 unspecified atom stereocenters. The van der Waals surface area contributed by atoms with E-state index in [1.54, 1.807) is 18.3 Å². The smallest absolute Gasteiger partial charge is 0.328 e. The van der Waals surface area contributed by atoms with Crippen molar-refractivity contribution < 1.29 is 14.7 Å². The summed E-state index contributed by atoms with van der Waals surface area (Å²) in [6.07, 6.45) is 6.17. The van der Waals surface area contributed by atoms with E-state index in [2.05, 4.69) is 32.4 Å². The Balaban J connectivity index is 1.09. The van der Waals surface area contributed by atoms with Gasteiger partial charge < -0.3 is 26.4 Å². The van der Waals surface area contributed by atoms with Crippen LogP contribution in [0.3, 0.4) is 0 Å². The molecule has 0 bridgehead atoms. The first-order chi connectivity index (χ1) is 21.6. The Morgan fingerprint density at radius 2 is 1.67 bits per heavy atom. The maximum atomic E-state index is 12.7. The Hall–Kier alpha value is -4.44. The van der Waals surface area contributed by atoms with Crippen LogP contribution in [0.5, 0.6) is 0 Å².